The molecule has 0 aromatic carbocycles. The number of nitrogens with one attached hydrogen (secondary N) is 1. The van der Waals surface area contributed by atoms with Gasteiger partial charge < -0.3 is 5.11 Å². The number of sulfonamides is 1. The molecule has 0 saturated heterocycles. The summed E-state index contributed by atoms with van der Waals surface area (Å²) in [4.78, 5) is 3.82. The van der Waals surface area contributed by atoms with Gasteiger partial charge in [0.25, 0.3) is 10.0 Å². The molecule has 0 atom stereocenters. The predicted molar refractivity (Wildman–Crippen MR) is 58.8 cm³/mol. The van der Waals surface area contributed by atoms with Gasteiger partial charge in [-0.1, -0.05) is 22.9 Å². The van der Waals surface area contributed by atoms with E-state index < -0.39 is 10.0 Å². The highest BCUT2D eigenvalue weighted by Gasteiger charge is 2.20. The van der Waals surface area contributed by atoms with Crippen molar-refractivity contribution in [2.75, 3.05) is 13.2 Å². The second kappa shape index (κ2) is 5.22. The first kappa shape index (κ1) is 12.9. The Kier molecular flexibility index (Phi) is 4.47. The summed E-state index contributed by atoms with van der Waals surface area (Å²) in [7, 11) is -3.53. The molecule has 0 aliphatic carbocycles. The highest BCUT2D eigenvalue weighted by molar-refractivity contribution is 7.91. The zero-order chi connectivity index (χ0) is 11.5. The number of rotatable bonds is 5. The van der Waals surface area contributed by atoms with E-state index in [2.05, 4.69) is 9.71 Å². The van der Waals surface area contributed by atoms with Crippen molar-refractivity contribution in [1.29, 1.82) is 0 Å². The van der Waals surface area contributed by atoms with Crippen LogP contribution < -0.4 is 4.72 Å². The van der Waals surface area contributed by atoms with Gasteiger partial charge in [0.05, 0.1) is 5.69 Å². The minimum atomic E-state index is -3.53. The summed E-state index contributed by atoms with van der Waals surface area (Å²) in [5.74, 6) is 0. The summed E-state index contributed by atoms with van der Waals surface area (Å²) < 4.78 is 26.0. The predicted octanol–water partition coefficient (Wildman–Crippen LogP) is 0.766. The number of hydrogen-bond donors (Lipinski definition) is 2. The minimum absolute atomic E-state index is 0.0506. The lowest BCUT2D eigenvalue weighted by atomic mass is 10.5. The molecule has 1 rings (SSSR count). The van der Waals surface area contributed by atoms with E-state index in [1.54, 1.807) is 6.92 Å². The zero-order valence-electron chi connectivity index (χ0n) is 8.03. The van der Waals surface area contributed by atoms with E-state index in [1.807, 2.05) is 0 Å². The van der Waals surface area contributed by atoms with Crippen molar-refractivity contribution in [1.82, 2.24) is 9.71 Å². The van der Waals surface area contributed by atoms with Crippen LogP contribution in [0.25, 0.3) is 0 Å². The van der Waals surface area contributed by atoms with Crippen LogP contribution >= 0.6 is 22.9 Å². The molecule has 0 aliphatic heterocycles. The molecule has 15 heavy (non-hydrogen) atoms. The number of aromatic nitrogens is 1. The molecule has 8 heteroatoms. The minimum Gasteiger partial charge on any atom is -0.396 e. The Hall–Kier alpha value is -0.210. The summed E-state index contributed by atoms with van der Waals surface area (Å²) in [6.45, 7) is 1.74. The normalized spacial score (nSPS) is 11.9. The molecule has 0 amide bonds. The van der Waals surface area contributed by atoms with Gasteiger partial charge in [-0.25, -0.2) is 18.1 Å². The number of halogens is 1. The third-order valence-corrected chi connectivity index (χ3v) is 4.93. The first-order valence-corrected chi connectivity index (χ1v) is 6.88. The highest BCUT2D eigenvalue weighted by Crippen LogP contribution is 2.26. The fourth-order valence-electron chi connectivity index (χ4n) is 0.951. The standard InChI is InChI=1S/C7H11ClN2O3S2/c1-5-6(14-7(8)10-5)15(12,13)9-3-2-4-11/h9,11H,2-4H2,1H3. The number of aliphatic hydroxyl groups is 1. The molecule has 1 aromatic heterocycles. The van der Waals surface area contributed by atoms with Crippen molar-refractivity contribution in [2.24, 2.45) is 0 Å². The summed E-state index contributed by atoms with van der Waals surface area (Å²) in [5.41, 5.74) is 0.390. The Morgan fingerprint density at radius 3 is 2.73 bits per heavy atom. The van der Waals surface area contributed by atoms with Crippen LogP contribution in [-0.4, -0.2) is 31.7 Å². The summed E-state index contributed by atoms with van der Waals surface area (Å²) in [5, 5.41) is 8.53. The van der Waals surface area contributed by atoms with E-state index in [-0.39, 0.29) is 21.8 Å². The third-order valence-electron chi connectivity index (χ3n) is 1.60. The number of nitrogens with zero attached hydrogens (tertiary/aromatic N) is 1. The van der Waals surface area contributed by atoms with Crippen LogP contribution in [0, 0.1) is 6.92 Å². The van der Waals surface area contributed by atoms with Gasteiger partial charge in [-0.15, -0.1) is 0 Å². The molecular weight excluding hydrogens is 260 g/mol. The average molecular weight is 271 g/mol. The Morgan fingerprint density at radius 1 is 1.60 bits per heavy atom. The van der Waals surface area contributed by atoms with Gasteiger partial charge in [0.2, 0.25) is 0 Å². The quantitative estimate of drug-likeness (QED) is 0.775. The van der Waals surface area contributed by atoms with E-state index >= 15 is 0 Å². The van der Waals surface area contributed by atoms with Crippen LogP contribution in [0.4, 0.5) is 0 Å². The maximum atomic E-state index is 11.7. The number of hydrogen-bond acceptors (Lipinski definition) is 5. The molecule has 0 aliphatic rings. The highest BCUT2D eigenvalue weighted by atomic mass is 35.5. The SMILES string of the molecule is Cc1nc(Cl)sc1S(=O)(=O)NCCCO. The van der Waals surface area contributed by atoms with Crippen LogP contribution in [0.3, 0.4) is 0 Å². The molecule has 0 fully saturated rings. The van der Waals surface area contributed by atoms with Crippen molar-refractivity contribution >= 4 is 33.0 Å². The monoisotopic (exact) mass is 270 g/mol. The van der Waals surface area contributed by atoms with E-state index in [4.69, 9.17) is 16.7 Å². The zero-order valence-corrected chi connectivity index (χ0v) is 10.4. The van der Waals surface area contributed by atoms with E-state index in [0.29, 0.717) is 12.1 Å². The Balaban J connectivity index is 2.82. The molecule has 0 radical (unpaired) electrons. The maximum absolute atomic E-state index is 11.7. The van der Waals surface area contributed by atoms with Crippen LogP contribution in [0.5, 0.6) is 0 Å². The van der Waals surface area contributed by atoms with Crippen LogP contribution in [-0.2, 0) is 10.0 Å². The molecule has 5 nitrogen and oxygen atoms in total. The average Bonchev–Trinajstić information content (AvgIpc) is 2.46. The fraction of sp³-hybridized carbons (Fsp3) is 0.571. The number of thiazole rings is 1. The van der Waals surface area contributed by atoms with Gasteiger partial charge in [0, 0.05) is 13.2 Å². The molecule has 1 heterocycles. The number of aliphatic hydroxyl groups excluding tert-OH is 1. The van der Waals surface area contributed by atoms with Crippen molar-refractivity contribution in [2.45, 2.75) is 17.6 Å². The molecule has 0 saturated carbocycles. The molecule has 86 valence electrons. The molecule has 0 bridgehead atoms. The number of aryl methyl sites for hydroxylation is 1. The van der Waals surface area contributed by atoms with Gasteiger partial charge in [-0.05, 0) is 13.3 Å². The van der Waals surface area contributed by atoms with Crippen molar-refractivity contribution in [3.05, 3.63) is 10.2 Å². The Labute approximate surface area is 97.2 Å². The van der Waals surface area contributed by atoms with Gasteiger partial charge in [-0.3, -0.25) is 0 Å². The second-order valence-corrected chi connectivity index (χ2v) is 6.36. The lowest BCUT2D eigenvalue weighted by Crippen LogP contribution is -2.25. The first-order valence-electron chi connectivity index (χ1n) is 4.21. The van der Waals surface area contributed by atoms with E-state index in [0.717, 1.165) is 11.3 Å². The topological polar surface area (TPSA) is 79.3 Å². The van der Waals surface area contributed by atoms with Crippen LogP contribution in [0.2, 0.25) is 4.47 Å². The summed E-state index contributed by atoms with van der Waals surface area (Å²) in [6.07, 6.45) is 0.380. The summed E-state index contributed by atoms with van der Waals surface area (Å²) in [6, 6.07) is 0. The third kappa shape index (κ3) is 3.39. The second-order valence-electron chi connectivity index (χ2n) is 2.81. The molecule has 2 N–H and O–H groups in total. The lowest BCUT2D eigenvalue weighted by Gasteiger charge is -2.03. The van der Waals surface area contributed by atoms with Crippen molar-refractivity contribution in [3.8, 4) is 0 Å². The van der Waals surface area contributed by atoms with Crippen LogP contribution in [0.15, 0.2) is 4.21 Å². The van der Waals surface area contributed by atoms with Gasteiger partial charge >= 0.3 is 0 Å². The smallest absolute Gasteiger partial charge is 0.251 e. The van der Waals surface area contributed by atoms with Crippen molar-refractivity contribution < 1.29 is 13.5 Å². The lowest BCUT2D eigenvalue weighted by molar-refractivity contribution is 0.289. The van der Waals surface area contributed by atoms with E-state index in [9.17, 15) is 8.42 Å². The van der Waals surface area contributed by atoms with Gasteiger partial charge in [0.1, 0.15) is 0 Å². The molecule has 1 aromatic rings. The van der Waals surface area contributed by atoms with Crippen molar-refractivity contribution in [3.63, 3.8) is 0 Å². The Morgan fingerprint density at radius 2 is 2.27 bits per heavy atom. The molecular formula is C7H11ClN2O3S2. The maximum Gasteiger partial charge on any atom is 0.251 e. The fourth-order valence-corrected chi connectivity index (χ4v) is 3.81. The Bertz CT molecular complexity index is 429. The van der Waals surface area contributed by atoms with Crippen LogP contribution in [0.1, 0.15) is 12.1 Å². The van der Waals surface area contributed by atoms with Gasteiger partial charge in [-0.2, -0.15) is 0 Å². The first-order chi connectivity index (χ1) is 6.97. The van der Waals surface area contributed by atoms with E-state index in [1.165, 1.54) is 0 Å². The van der Waals surface area contributed by atoms with Gasteiger partial charge in [0.15, 0.2) is 8.68 Å². The largest absolute Gasteiger partial charge is 0.396 e. The molecule has 0 spiro atoms. The molecule has 0 unspecified atom stereocenters. The summed E-state index contributed by atoms with van der Waals surface area (Å²) >= 11 is 6.53.